The molecule has 0 spiro atoms. The fraction of sp³-hybridized carbons (Fsp3) is 0.133. The van der Waals surface area contributed by atoms with Gasteiger partial charge in [0.05, 0.1) is 17.4 Å². The fourth-order valence-electron chi connectivity index (χ4n) is 1.78. The van der Waals surface area contributed by atoms with E-state index < -0.39 is 10.0 Å². The zero-order valence-corrected chi connectivity index (χ0v) is 13.5. The molecule has 6 heteroatoms. The number of halogens is 1. The van der Waals surface area contributed by atoms with Gasteiger partial charge in [-0.2, -0.15) is 5.26 Å². The van der Waals surface area contributed by atoms with Crippen LogP contribution < -0.4 is 4.72 Å². The van der Waals surface area contributed by atoms with E-state index in [-0.39, 0.29) is 12.3 Å². The smallest absolute Gasteiger partial charge is 0.212 e. The zero-order valence-electron chi connectivity index (χ0n) is 11.1. The van der Waals surface area contributed by atoms with Crippen molar-refractivity contribution in [2.45, 2.75) is 12.3 Å². The van der Waals surface area contributed by atoms with Gasteiger partial charge in [-0.05, 0) is 29.3 Å². The Kier molecular flexibility index (Phi) is 5.12. The third kappa shape index (κ3) is 4.67. The van der Waals surface area contributed by atoms with E-state index in [1.54, 1.807) is 24.3 Å². The van der Waals surface area contributed by atoms with E-state index in [0.717, 1.165) is 10.0 Å². The first-order chi connectivity index (χ1) is 10.00. The van der Waals surface area contributed by atoms with Crippen LogP contribution in [-0.2, 0) is 22.3 Å². The average Bonchev–Trinajstić information content (AvgIpc) is 2.47. The quantitative estimate of drug-likeness (QED) is 0.886. The van der Waals surface area contributed by atoms with Crippen LogP contribution in [0.5, 0.6) is 0 Å². The molecule has 108 valence electrons. The predicted molar refractivity (Wildman–Crippen MR) is 84.8 cm³/mol. The number of nitrogens with zero attached hydrogens (tertiary/aromatic N) is 1. The normalized spacial score (nSPS) is 11.0. The lowest BCUT2D eigenvalue weighted by Gasteiger charge is -2.08. The second kappa shape index (κ2) is 6.85. The first kappa shape index (κ1) is 15.7. The topological polar surface area (TPSA) is 70.0 Å². The van der Waals surface area contributed by atoms with Crippen molar-refractivity contribution >= 4 is 26.0 Å². The molecule has 0 amide bonds. The van der Waals surface area contributed by atoms with Crippen molar-refractivity contribution in [3.8, 4) is 6.07 Å². The number of nitriles is 1. The molecule has 2 aromatic carbocycles. The second-order valence-electron chi connectivity index (χ2n) is 4.48. The van der Waals surface area contributed by atoms with Crippen LogP contribution in [0.3, 0.4) is 0 Å². The number of rotatable bonds is 5. The molecule has 0 bridgehead atoms. The minimum absolute atomic E-state index is 0.108. The van der Waals surface area contributed by atoms with Crippen molar-refractivity contribution in [1.82, 2.24) is 4.72 Å². The van der Waals surface area contributed by atoms with Crippen molar-refractivity contribution in [2.75, 3.05) is 0 Å². The van der Waals surface area contributed by atoms with Crippen molar-refractivity contribution in [3.63, 3.8) is 0 Å². The molecule has 4 nitrogen and oxygen atoms in total. The largest absolute Gasteiger partial charge is 0.216 e. The van der Waals surface area contributed by atoms with Crippen LogP contribution in [0.25, 0.3) is 0 Å². The van der Waals surface area contributed by atoms with Crippen LogP contribution in [-0.4, -0.2) is 8.42 Å². The fourth-order valence-corrected chi connectivity index (χ4v) is 3.31. The summed E-state index contributed by atoms with van der Waals surface area (Å²) in [4.78, 5) is 0. The number of benzene rings is 2. The van der Waals surface area contributed by atoms with E-state index >= 15 is 0 Å². The van der Waals surface area contributed by atoms with Crippen molar-refractivity contribution in [1.29, 1.82) is 5.26 Å². The third-order valence-corrected chi connectivity index (χ3v) is 4.95. The van der Waals surface area contributed by atoms with Crippen LogP contribution in [0.15, 0.2) is 53.0 Å². The Labute approximate surface area is 132 Å². The van der Waals surface area contributed by atoms with Gasteiger partial charge < -0.3 is 0 Å². The maximum Gasteiger partial charge on any atom is 0.216 e. The van der Waals surface area contributed by atoms with E-state index in [1.165, 1.54) is 0 Å². The zero-order chi connectivity index (χ0) is 15.3. The highest BCUT2D eigenvalue weighted by Gasteiger charge is 2.12. The maximum atomic E-state index is 12.0. The Morgan fingerprint density at radius 2 is 1.76 bits per heavy atom. The van der Waals surface area contributed by atoms with Gasteiger partial charge in [0.2, 0.25) is 10.0 Å². The molecule has 0 aliphatic rings. The van der Waals surface area contributed by atoms with Gasteiger partial charge in [0.25, 0.3) is 0 Å². The van der Waals surface area contributed by atoms with Gasteiger partial charge in [-0.1, -0.05) is 46.3 Å². The summed E-state index contributed by atoms with van der Waals surface area (Å²) in [6, 6.07) is 16.0. The summed E-state index contributed by atoms with van der Waals surface area (Å²) in [6.07, 6.45) is 0. The van der Waals surface area contributed by atoms with Crippen LogP contribution >= 0.6 is 15.9 Å². The molecular formula is C15H13BrN2O2S. The monoisotopic (exact) mass is 364 g/mol. The summed E-state index contributed by atoms with van der Waals surface area (Å²) < 4.78 is 27.5. The molecule has 0 unspecified atom stereocenters. The first-order valence-corrected chi connectivity index (χ1v) is 8.64. The van der Waals surface area contributed by atoms with Crippen LogP contribution in [0.1, 0.15) is 16.7 Å². The van der Waals surface area contributed by atoms with Crippen LogP contribution in [0, 0.1) is 11.3 Å². The molecule has 0 aliphatic carbocycles. The van der Waals surface area contributed by atoms with Gasteiger partial charge >= 0.3 is 0 Å². The molecule has 2 aromatic rings. The summed E-state index contributed by atoms with van der Waals surface area (Å²) in [5.74, 6) is -0.108. The van der Waals surface area contributed by atoms with Gasteiger partial charge in [0.15, 0.2) is 0 Å². The summed E-state index contributed by atoms with van der Waals surface area (Å²) in [6.45, 7) is 0.236. The predicted octanol–water partition coefficient (Wildman–Crippen LogP) is 2.94. The first-order valence-electron chi connectivity index (χ1n) is 6.20. The summed E-state index contributed by atoms with van der Waals surface area (Å²) in [5, 5.41) is 8.71. The molecule has 0 aromatic heterocycles. The molecule has 0 fully saturated rings. The molecule has 0 saturated heterocycles. The summed E-state index contributed by atoms with van der Waals surface area (Å²) in [7, 11) is -3.42. The lowest BCUT2D eigenvalue weighted by molar-refractivity contribution is 0.580. The van der Waals surface area contributed by atoms with Crippen molar-refractivity contribution in [3.05, 3.63) is 69.7 Å². The van der Waals surface area contributed by atoms with E-state index in [1.807, 2.05) is 30.3 Å². The van der Waals surface area contributed by atoms with E-state index in [2.05, 4.69) is 20.7 Å². The van der Waals surface area contributed by atoms with E-state index in [4.69, 9.17) is 5.26 Å². The van der Waals surface area contributed by atoms with Crippen molar-refractivity contribution in [2.24, 2.45) is 0 Å². The Morgan fingerprint density at radius 1 is 1.10 bits per heavy atom. The Morgan fingerprint density at radius 3 is 2.38 bits per heavy atom. The molecule has 0 saturated carbocycles. The van der Waals surface area contributed by atoms with Crippen LogP contribution in [0.2, 0.25) is 0 Å². The number of hydrogen-bond donors (Lipinski definition) is 1. The third-order valence-electron chi connectivity index (χ3n) is 2.88. The van der Waals surface area contributed by atoms with Gasteiger partial charge in [-0.15, -0.1) is 0 Å². The molecule has 2 rings (SSSR count). The molecular weight excluding hydrogens is 352 g/mol. The maximum absolute atomic E-state index is 12.0. The lowest BCUT2D eigenvalue weighted by atomic mass is 10.2. The summed E-state index contributed by atoms with van der Waals surface area (Å²) >= 11 is 3.38. The molecule has 21 heavy (non-hydrogen) atoms. The lowest BCUT2D eigenvalue weighted by Crippen LogP contribution is -2.24. The van der Waals surface area contributed by atoms with Gasteiger partial charge in [0.1, 0.15) is 0 Å². The van der Waals surface area contributed by atoms with Gasteiger partial charge in [-0.3, -0.25) is 0 Å². The Balaban J connectivity index is 2.02. The Bertz CT molecular complexity index is 765. The van der Waals surface area contributed by atoms with E-state index in [9.17, 15) is 8.42 Å². The number of nitrogens with one attached hydrogen (secondary N) is 1. The standard InChI is InChI=1S/C15H13BrN2O2S/c16-15-4-2-1-3-14(15)10-18-21(19,20)11-13-7-5-12(9-17)6-8-13/h1-8,18H,10-11H2. The molecule has 1 N–H and O–H groups in total. The second-order valence-corrected chi connectivity index (χ2v) is 7.14. The highest BCUT2D eigenvalue weighted by atomic mass is 79.9. The number of sulfonamides is 1. The van der Waals surface area contributed by atoms with Crippen molar-refractivity contribution < 1.29 is 8.42 Å². The van der Waals surface area contributed by atoms with Gasteiger partial charge in [0, 0.05) is 11.0 Å². The molecule has 0 radical (unpaired) electrons. The molecule has 0 atom stereocenters. The SMILES string of the molecule is N#Cc1ccc(CS(=O)(=O)NCc2ccccc2Br)cc1. The van der Waals surface area contributed by atoms with Gasteiger partial charge in [-0.25, -0.2) is 13.1 Å². The number of hydrogen-bond acceptors (Lipinski definition) is 3. The highest BCUT2D eigenvalue weighted by Crippen LogP contribution is 2.16. The summed E-state index contributed by atoms with van der Waals surface area (Å²) in [5.41, 5.74) is 2.03. The molecule has 0 aliphatic heterocycles. The average molecular weight is 365 g/mol. The van der Waals surface area contributed by atoms with E-state index in [0.29, 0.717) is 11.1 Å². The molecule has 0 heterocycles. The Hall–Kier alpha value is -1.68. The minimum Gasteiger partial charge on any atom is -0.212 e. The highest BCUT2D eigenvalue weighted by molar-refractivity contribution is 9.10. The van der Waals surface area contributed by atoms with Crippen LogP contribution in [0.4, 0.5) is 0 Å². The minimum atomic E-state index is -3.42.